The van der Waals surface area contributed by atoms with Crippen molar-refractivity contribution in [2.45, 2.75) is 71.2 Å². The number of hydrogen-bond donors (Lipinski definition) is 1. The average molecular weight is 515 g/mol. The van der Waals surface area contributed by atoms with E-state index in [1.54, 1.807) is 6.92 Å². The van der Waals surface area contributed by atoms with E-state index >= 15 is 0 Å². The molecule has 0 aromatic heterocycles. The summed E-state index contributed by atoms with van der Waals surface area (Å²) in [4.78, 5) is 37.4. The minimum atomic E-state index is -0.809. The summed E-state index contributed by atoms with van der Waals surface area (Å²) in [5.74, 6) is -1.95. The molecule has 202 valence electrons. The van der Waals surface area contributed by atoms with E-state index in [0.717, 1.165) is 17.6 Å². The van der Waals surface area contributed by atoms with Crippen molar-refractivity contribution >= 4 is 17.9 Å². The lowest BCUT2D eigenvalue weighted by Crippen LogP contribution is -2.58. The lowest BCUT2D eigenvalue weighted by atomic mass is 9.57. The summed E-state index contributed by atoms with van der Waals surface area (Å²) in [6, 6.07) is 0. The van der Waals surface area contributed by atoms with E-state index in [1.165, 1.54) is 30.4 Å². The van der Waals surface area contributed by atoms with Crippen LogP contribution in [0, 0.1) is 23.2 Å². The zero-order valence-corrected chi connectivity index (χ0v) is 22.1. The zero-order valence-electron chi connectivity index (χ0n) is 22.1. The third-order valence-electron chi connectivity index (χ3n) is 8.87. The second kappa shape index (κ2) is 11.0. The summed E-state index contributed by atoms with van der Waals surface area (Å²) in [5.41, 5.74) is 0.399. The standard InChI is InChI=1S/C29H38O8/c1-18-9-11-34-24(31)7-5-6-8-25(32)37-23-16-21-10-12-36-29(21,4)28(23,3)27-20(17-35-26(33)15-18)13-19(2)14-22(27)30/h5-8,14-15,20-23,27,30H,9-13,16-17H2,1-4H3/b7-5+,8-6-,18-15+/t20?,21-,22?,23?,27?,28-,29?/m0/s1. The lowest BCUT2D eigenvalue weighted by molar-refractivity contribution is -0.188. The van der Waals surface area contributed by atoms with Gasteiger partial charge in [0.15, 0.2) is 0 Å². The van der Waals surface area contributed by atoms with Crippen LogP contribution in [0.1, 0.15) is 53.4 Å². The first-order valence-electron chi connectivity index (χ1n) is 13.1. The molecule has 8 heteroatoms. The molecule has 1 saturated carbocycles. The highest BCUT2D eigenvalue weighted by Gasteiger charge is 2.69. The molecule has 4 rings (SSSR count). The van der Waals surface area contributed by atoms with Gasteiger partial charge in [-0.05, 0) is 46.0 Å². The predicted octanol–water partition coefficient (Wildman–Crippen LogP) is 3.60. The largest absolute Gasteiger partial charge is 0.462 e. The predicted molar refractivity (Wildman–Crippen MR) is 135 cm³/mol. The van der Waals surface area contributed by atoms with Gasteiger partial charge in [0, 0.05) is 48.5 Å². The molecule has 4 aliphatic rings. The number of rotatable bonds is 0. The van der Waals surface area contributed by atoms with Crippen molar-refractivity contribution in [2.24, 2.45) is 23.2 Å². The first-order chi connectivity index (χ1) is 17.5. The van der Waals surface area contributed by atoms with E-state index in [0.29, 0.717) is 25.9 Å². The SMILES string of the molecule is CC1=CC(O)C2C(COC(=O)/C=C(\C)CCOC(=O)/C=C/C=C\C(=O)OC3C[C@@H]4CCOC4(C)[C@@]32C)C1. The molecule has 0 bridgehead atoms. The van der Waals surface area contributed by atoms with Crippen LogP contribution in [0.5, 0.6) is 0 Å². The third kappa shape index (κ3) is 5.46. The van der Waals surface area contributed by atoms with Gasteiger partial charge in [-0.3, -0.25) is 0 Å². The highest BCUT2D eigenvalue weighted by Crippen LogP contribution is 2.63. The Labute approximate surface area is 218 Å². The second-order valence-corrected chi connectivity index (χ2v) is 11.1. The Morgan fingerprint density at radius 3 is 2.43 bits per heavy atom. The molecule has 0 radical (unpaired) electrons. The van der Waals surface area contributed by atoms with Crippen LogP contribution in [0.25, 0.3) is 0 Å². The summed E-state index contributed by atoms with van der Waals surface area (Å²) < 4.78 is 23.2. The Bertz CT molecular complexity index is 1040. The summed E-state index contributed by atoms with van der Waals surface area (Å²) in [7, 11) is 0. The van der Waals surface area contributed by atoms with Crippen molar-refractivity contribution in [3.05, 3.63) is 47.6 Å². The van der Waals surface area contributed by atoms with Gasteiger partial charge in [0.25, 0.3) is 0 Å². The highest BCUT2D eigenvalue weighted by atomic mass is 16.6. The van der Waals surface area contributed by atoms with Gasteiger partial charge in [0.05, 0.1) is 24.9 Å². The van der Waals surface area contributed by atoms with Gasteiger partial charge in [0.2, 0.25) is 0 Å². The normalized spacial score (nSPS) is 42.6. The Balaban J connectivity index is 1.72. The van der Waals surface area contributed by atoms with E-state index < -0.39 is 41.1 Å². The van der Waals surface area contributed by atoms with Crippen molar-refractivity contribution in [1.29, 1.82) is 0 Å². The molecule has 37 heavy (non-hydrogen) atoms. The fourth-order valence-electron chi connectivity index (χ4n) is 6.89. The van der Waals surface area contributed by atoms with Crippen molar-refractivity contribution in [1.82, 2.24) is 0 Å². The maximum Gasteiger partial charge on any atom is 0.331 e. The van der Waals surface area contributed by atoms with Gasteiger partial charge >= 0.3 is 17.9 Å². The zero-order chi connectivity index (χ0) is 26.8. The third-order valence-corrected chi connectivity index (χ3v) is 8.87. The van der Waals surface area contributed by atoms with Crippen LogP contribution in [-0.4, -0.2) is 60.6 Å². The van der Waals surface area contributed by atoms with E-state index in [1.807, 2.05) is 19.9 Å². The number of carbonyl (C=O) groups is 3. The van der Waals surface area contributed by atoms with E-state index in [2.05, 4.69) is 6.92 Å². The molecule has 8 nitrogen and oxygen atoms in total. The molecule has 2 aliphatic carbocycles. The molecule has 1 saturated heterocycles. The Kier molecular flexibility index (Phi) is 8.09. The van der Waals surface area contributed by atoms with Gasteiger partial charge in [-0.2, -0.15) is 0 Å². The van der Waals surface area contributed by atoms with Crippen LogP contribution < -0.4 is 0 Å². The van der Waals surface area contributed by atoms with Crippen LogP contribution in [0.2, 0.25) is 0 Å². The maximum absolute atomic E-state index is 12.8. The molecule has 2 fully saturated rings. The van der Waals surface area contributed by atoms with Crippen LogP contribution in [0.4, 0.5) is 0 Å². The fraction of sp³-hybridized carbons (Fsp3) is 0.621. The molecule has 1 N–H and O–H groups in total. The number of aliphatic hydroxyl groups is 1. The van der Waals surface area contributed by atoms with Gasteiger partial charge in [-0.1, -0.05) is 36.3 Å². The number of aliphatic hydroxyl groups excluding tert-OH is 1. The topological polar surface area (TPSA) is 108 Å². The number of allylic oxidation sites excluding steroid dienone is 3. The quantitative estimate of drug-likeness (QED) is 0.297. The first kappa shape index (κ1) is 27.3. The Morgan fingerprint density at radius 1 is 0.946 bits per heavy atom. The number of fused-ring (bicyclic) bond motifs is 5. The van der Waals surface area contributed by atoms with Crippen LogP contribution >= 0.6 is 0 Å². The molecule has 0 amide bonds. The van der Waals surface area contributed by atoms with Gasteiger partial charge < -0.3 is 24.1 Å². The van der Waals surface area contributed by atoms with E-state index in [-0.39, 0.29) is 31.0 Å². The van der Waals surface area contributed by atoms with Crippen molar-refractivity contribution in [2.75, 3.05) is 19.8 Å². The second-order valence-electron chi connectivity index (χ2n) is 11.1. The van der Waals surface area contributed by atoms with E-state index in [9.17, 15) is 19.5 Å². The molecular weight excluding hydrogens is 476 g/mol. The number of carbonyl (C=O) groups excluding carboxylic acids is 3. The fourth-order valence-corrected chi connectivity index (χ4v) is 6.89. The molecule has 2 aliphatic heterocycles. The van der Waals surface area contributed by atoms with E-state index in [4.69, 9.17) is 18.9 Å². The minimum absolute atomic E-state index is 0.116. The molecule has 0 spiro atoms. The van der Waals surface area contributed by atoms with Crippen LogP contribution in [0.15, 0.2) is 47.6 Å². The van der Waals surface area contributed by atoms with Gasteiger partial charge in [-0.15, -0.1) is 0 Å². The summed E-state index contributed by atoms with van der Waals surface area (Å²) in [6.45, 7) is 8.69. The van der Waals surface area contributed by atoms with Crippen LogP contribution in [0.3, 0.4) is 0 Å². The smallest absolute Gasteiger partial charge is 0.331 e. The van der Waals surface area contributed by atoms with Crippen molar-refractivity contribution < 1.29 is 38.4 Å². The molecular formula is C29H38O8. The molecule has 2 heterocycles. The average Bonchev–Trinajstić information content (AvgIpc) is 3.28. The number of ether oxygens (including phenoxy) is 4. The summed E-state index contributed by atoms with van der Waals surface area (Å²) >= 11 is 0. The monoisotopic (exact) mass is 514 g/mol. The number of esters is 3. The lowest BCUT2D eigenvalue weighted by Gasteiger charge is -2.52. The van der Waals surface area contributed by atoms with Gasteiger partial charge in [-0.25, -0.2) is 14.4 Å². The number of cyclic esters (lactones) is 2. The number of hydrogen-bond acceptors (Lipinski definition) is 8. The molecule has 0 aromatic rings. The van der Waals surface area contributed by atoms with Crippen LogP contribution in [-0.2, 0) is 33.3 Å². The molecule has 7 atom stereocenters. The molecule has 0 aromatic carbocycles. The molecule has 5 unspecified atom stereocenters. The minimum Gasteiger partial charge on any atom is -0.462 e. The summed E-state index contributed by atoms with van der Waals surface area (Å²) in [5, 5.41) is 11.4. The van der Waals surface area contributed by atoms with Crippen molar-refractivity contribution in [3.8, 4) is 0 Å². The van der Waals surface area contributed by atoms with Gasteiger partial charge in [0.1, 0.15) is 6.10 Å². The Morgan fingerprint density at radius 2 is 1.68 bits per heavy atom. The Hall–Kier alpha value is -2.71. The highest BCUT2D eigenvalue weighted by molar-refractivity contribution is 5.85. The maximum atomic E-state index is 12.8. The first-order valence-corrected chi connectivity index (χ1v) is 13.1. The van der Waals surface area contributed by atoms with Crippen molar-refractivity contribution in [3.63, 3.8) is 0 Å². The summed E-state index contributed by atoms with van der Waals surface area (Å²) in [6.07, 6.45) is 9.85.